The van der Waals surface area contributed by atoms with Gasteiger partial charge in [-0.3, -0.25) is 9.00 Å². The molecule has 1 heterocycles. The van der Waals surface area contributed by atoms with Crippen molar-refractivity contribution in [2.24, 2.45) is 0 Å². The van der Waals surface area contributed by atoms with E-state index < -0.39 is 16.8 Å². The predicted molar refractivity (Wildman–Crippen MR) is 81.7 cm³/mol. The summed E-state index contributed by atoms with van der Waals surface area (Å²) in [6, 6.07) is 3.90. The number of ether oxygens (including phenoxy) is 1. The first kappa shape index (κ1) is 14.5. The Morgan fingerprint density at radius 2 is 2.16 bits per heavy atom. The van der Waals surface area contributed by atoms with Gasteiger partial charge in [-0.2, -0.15) is 0 Å². The van der Waals surface area contributed by atoms with Gasteiger partial charge in [-0.05, 0) is 47.2 Å². The SMILES string of the molecule is COC(=O)Cc1oc2c(C)cc(I)cc2c1S(C)=O. The van der Waals surface area contributed by atoms with Crippen LogP contribution < -0.4 is 0 Å². The molecule has 0 fully saturated rings. The highest BCUT2D eigenvalue weighted by molar-refractivity contribution is 14.1. The van der Waals surface area contributed by atoms with Crippen molar-refractivity contribution in [2.45, 2.75) is 18.2 Å². The van der Waals surface area contributed by atoms with Crippen LogP contribution in [0.25, 0.3) is 11.0 Å². The summed E-state index contributed by atoms with van der Waals surface area (Å²) in [7, 11) is 0.0974. The number of fused-ring (bicyclic) bond motifs is 1. The van der Waals surface area contributed by atoms with Crippen LogP contribution in [0, 0.1) is 10.5 Å². The van der Waals surface area contributed by atoms with Crippen LogP contribution in [-0.4, -0.2) is 23.5 Å². The first-order valence-corrected chi connectivity index (χ1v) is 8.19. The molecular formula is C13H13IO4S. The molecule has 19 heavy (non-hydrogen) atoms. The zero-order chi connectivity index (χ0) is 14.2. The van der Waals surface area contributed by atoms with Gasteiger partial charge in [0.1, 0.15) is 17.8 Å². The van der Waals surface area contributed by atoms with Crippen LogP contribution in [0.3, 0.4) is 0 Å². The lowest BCUT2D eigenvalue weighted by atomic mass is 10.2. The van der Waals surface area contributed by atoms with Crippen molar-refractivity contribution in [3.05, 3.63) is 27.0 Å². The van der Waals surface area contributed by atoms with Gasteiger partial charge in [0.15, 0.2) is 0 Å². The molecule has 0 aliphatic heterocycles. The lowest BCUT2D eigenvalue weighted by molar-refractivity contribution is -0.140. The monoisotopic (exact) mass is 392 g/mol. The molecule has 0 saturated carbocycles. The molecule has 0 radical (unpaired) electrons. The van der Waals surface area contributed by atoms with E-state index in [9.17, 15) is 9.00 Å². The molecule has 1 atom stereocenters. The van der Waals surface area contributed by atoms with Crippen LogP contribution in [0.15, 0.2) is 21.4 Å². The van der Waals surface area contributed by atoms with Gasteiger partial charge in [0.25, 0.3) is 0 Å². The number of hydrogen-bond donors (Lipinski definition) is 0. The lowest BCUT2D eigenvalue weighted by Gasteiger charge is -1.99. The fourth-order valence-corrected chi connectivity index (χ4v) is 3.66. The zero-order valence-corrected chi connectivity index (χ0v) is 13.8. The maximum absolute atomic E-state index is 11.9. The van der Waals surface area contributed by atoms with Crippen LogP contribution in [0.2, 0.25) is 0 Å². The third kappa shape index (κ3) is 2.84. The Hall–Kier alpha value is -0.890. The van der Waals surface area contributed by atoms with Gasteiger partial charge in [-0.1, -0.05) is 0 Å². The highest BCUT2D eigenvalue weighted by atomic mass is 127. The van der Waals surface area contributed by atoms with E-state index >= 15 is 0 Å². The number of benzene rings is 1. The minimum Gasteiger partial charge on any atom is -0.469 e. The second kappa shape index (κ2) is 5.62. The lowest BCUT2D eigenvalue weighted by Crippen LogP contribution is -2.05. The molecule has 1 unspecified atom stereocenters. The predicted octanol–water partition coefficient (Wildman–Crippen LogP) is 2.80. The van der Waals surface area contributed by atoms with Crippen LogP contribution in [0.5, 0.6) is 0 Å². The normalized spacial score (nSPS) is 12.6. The molecule has 1 aromatic carbocycles. The molecule has 0 aliphatic rings. The number of methoxy groups -OCH3 is 1. The number of carbonyl (C=O) groups is 1. The summed E-state index contributed by atoms with van der Waals surface area (Å²) in [5.74, 6) is 0.0193. The van der Waals surface area contributed by atoms with Gasteiger partial charge in [0.2, 0.25) is 0 Å². The summed E-state index contributed by atoms with van der Waals surface area (Å²) in [6.45, 7) is 1.93. The summed E-state index contributed by atoms with van der Waals surface area (Å²) in [5.41, 5.74) is 1.65. The number of carbonyl (C=O) groups excluding carboxylic acids is 1. The van der Waals surface area contributed by atoms with E-state index in [0.29, 0.717) is 16.2 Å². The van der Waals surface area contributed by atoms with Gasteiger partial charge >= 0.3 is 5.97 Å². The number of halogens is 1. The van der Waals surface area contributed by atoms with Crippen molar-refractivity contribution in [1.29, 1.82) is 0 Å². The van der Waals surface area contributed by atoms with Crippen molar-refractivity contribution in [3.63, 3.8) is 0 Å². The zero-order valence-electron chi connectivity index (χ0n) is 10.8. The summed E-state index contributed by atoms with van der Waals surface area (Å²) in [4.78, 5) is 12.0. The molecule has 0 spiro atoms. The second-order valence-electron chi connectivity index (χ2n) is 4.16. The molecule has 4 nitrogen and oxygen atoms in total. The molecule has 0 N–H and O–H groups in total. The highest BCUT2D eigenvalue weighted by Gasteiger charge is 2.21. The minimum atomic E-state index is -1.22. The van der Waals surface area contributed by atoms with Crippen molar-refractivity contribution < 1.29 is 18.2 Å². The molecule has 6 heteroatoms. The van der Waals surface area contributed by atoms with E-state index in [1.54, 1.807) is 6.26 Å². The van der Waals surface area contributed by atoms with Gasteiger partial charge < -0.3 is 9.15 Å². The third-order valence-corrected chi connectivity index (χ3v) is 4.43. The van der Waals surface area contributed by atoms with Crippen LogP contribution in [0.4, 0.5) is 0 Å². The van der Waals surface area contributed by atoms with Gasteiger partial charge in [-0.25, -0.2) is 0 Å². The first-order valence-electron chi connectivity index (χ1n) is 5.55. The van der Waals surface area contributed by atoms with E-state index in [4.69, 9.17) is 4.42 Å². The second-order valence-corrected chi connectivity index (χ2v) is 6.72. The van der Waals surface area contributed by atoms with Gasteiger partial charge in [-0.15, -0.1) is 0 Å². The minimum absolute atomic E-state index is 0.00386. The summed E-state index contributed by atoms with van der Waals surface area (Å²) >= 11 is 2.20. The van der Waals surface area contributed by atoms with Crippen LogP contribution in [0.1, 0.15) is 11.3 Å². The van der Waals surface area contributed by atoms with Crippen LogP contribution >= 0.6 is 22.6 Å². The Bertz CT molecular complexity index is 675. The topological polar surface area (TPSA) is 56.5 Å². The molecule has 2 rings (SSSR count). The van der Waals surface area contributed by atoms with Crippen molar-refractivity contribution in [1.82, 2.24) is 0 Å². The number of hydrogen-bond acceptors (Lipinski definition) is 4. The summed E-state index contributed by atoms with van der Waals surface area (Å²) in [5, 5.41) is 0.809. The van der Waals surface area contributed by atoms with E-state index in [1.165, 1.54) is 7.11 Å². The maximum atomic E-state index is 11.9. The Kier molecular flexibility index (Phi) is 4.29. The standard InChI is InChI=1S/C13H13IO4S/c1-7-4-8(14)5-9-12(7)18-10(6-11(15)17-2)13(9)19(3)16/h4-5H,6H2,1-3H3. The third-order valence-electron chi connectivity index (χ3n) is 2.78. The van der Waals surface area contributed by atoms with E-state index in [2.05, 4.69) is 27.3 Å². The average molecular weight is 392 g/mol. The highest BCUT2D eigenvalue weighted by Crippen LogP contribution is 2.32. The molecular weight excluding hydrogens is 379 g/mol. The fourth-order valence-electron chi connectivity index (χ4n) is 1.99. The number of rotatable bonds is 3. The van der Waals surface area contributed by atoms with E-state index in [1.807, 2.05) is 19.1 Å². The molecule has 0 bridgehead atoms. The van der Waals surface area contributed by atoms with Crippen LogP contribution in [-0.2, 0) is 26.8 Å². The first-order chi connectivity index (χ1) is 8.93. The molecule has 2 aromatic rings. The molecule has 0 saturated heterocycles. The van der Waals surface area contributed by atoms with Gasteiger partial charge in [0, 0.05) is 15.2 Å². The Morgan fingerprint density at radius 3 is 2.74 bits per heavy atom. The molecule has 0 amide bonds. The van der Waals surface area contributed by atoms with Crippen molar-refractivity contribution in [2.75, 3.05) is 13.4 Å². The molecule has 102 valence electrons. The van der Waals surface area contributed by atoms with Crippen molar-refractivity contribution in [3.8, 4) is 0 Å². The quantitative estimate of drug-likeness (QED) is 0.596. The van der Waals surface area contributed by atoms with E-state index in [-0.39, 0.29) is 6.42 Å². The summed E-state index contributed by atoms with van der Waals surface area (Å²) < 4.78 is 23.3. The Balaban J connectivity index is 2.70. The Morgan fingerprint density at radius 1 is 1.47 bits per heavy atom. The largest absolute Gasteiger partial charge is 0.469 e. The maximum Gasteiger partial charge on any atom is 0.313 e. The smallest absolute Gasteiger partial charge is 0.313 e. The van der Waals surface area contributed by atoms with Gasteiger partial charge in [0.05, 0.1) is 22.8 Å². The number of esters is 1. The molecule has 1 aromatic heterocycles. The summed E-state index contributed by atoms with van der Waals surface area (Å²) in [6.07, 6.45) is 1.58. The molecule has 0 aliphatic carbocycles. The van der Waals surface area contributed by atoms with Crippen molar-refractivity contribution >= 4 is 50.3 Å². The van der Waals surface area contributed by atoms with E-state index in [0.717, 1.165) is 14.5 Å². The fraction of sp³-hybridized carbons (Fsp3) is 0.308. The Labute approximate surface area is 127 Å². The number of aryl methyl sites for hydroxylation is 1. The average Bonchev–Trinajstić information content (AvgIpc) is 2.67. The number of furan rings is 1.